The van der Waals surface area contributed by atoms with Crippen LogP contribution in [0.5, 0.6) is 5.75 Å². The molecule has 6 heteroatoms. The molecule has 1 rings (SSSR count). The third-order valence-corrected chi connectivity index (χ3v) is 2.74. The lowest BCUT2D eigenvalue weighted by Gasteiger charge is -2.19. The Bertz CT molecular complexity index is 509. The molecular weight excluding hydrogens is 262 g/mol. The van der Waals surface area contributed by atoms with Crippen LogP contribution < -0.4 is 4.74 Å². The molecule has 20 heavy (non-hydrogen) atoms. The average Bonchev–Trinajstić information content (AvgIpc) is 2.45. The zero-order chi connectivity index (χ0) is 15.1. The fraction of sp³-hybridized carbons (Fsp3) is 0.429. The van der Waals surface area contributed by atoms with Gasteiger partial charge in [-0.15, -0.1) is 0 Å². The van der Waals surface area contributed by atoms with E-state index >= 15 is 0 Å². The minimum absolute atomic E-state index is 0.199. The molecule has 2 unspecified atom stereocenters. The molecule has 0 aliphatic carbocycles. The molecule has 0 amide bonds. The summed E-state index contributed by atoms with van der Waals surface area (Å²) >= 11 is 0. The van der Waals surface area contributed by atoms with Crippen molar-refractivity contribution < 1.29 is 24.5 Å². The topological polar surface area (TPSA) is 99.8 Å². The molecule has 2 atom stereocenters. The van der Waals surface area contributed by atoms with Gasteiger partial charge in [0.25, 0.3) is 0 Å². The van der Waals surface area contributed by atoms with Crippen LogP contribution in [0.1, 0.15) is 30.6 Å². The van der Waals surface area contributed by atoms with Gasteiger partial charge in [0.05, 0.1) is 37.9 Å². The van der Waals surface area contributed by atoms with Crippen molar-refractivity contribution >= 4 is 5.97 Å². The largest absolute Gasteiger partial charge is 0.497 e. The van der Waals surface area contributed by atoms with Crippen molar-refractivity contribution in [3.8, 4) is 11.8 Å². The summed E-state index contributed by atoms with van der Waals surface area (Å²) in [6.45, 7) is 1.85. The fourth-order valence-electron chi connectivity index (χ4n) is 1.72. The Kier molecular flexibility index (Phi) is 5.97. The first-order chi connectivity index (χ1) is 9.53. The summed E-state index contributed by atoms with van der Waals surface area (Å²) in [4.78, 5) is 11.3. The van der Waals surface area contributed by atoms with E-state index in [-0.39, 0.29) is 24.2 Å². The smallest absolute Gasteiger partial charge is 0.308 e. The van der Waals surface area contributed by atoms with Crippen LogP contribution in [-0.4, -0.2) is 36.0 Å². The fourth-order valence-corrected chi connectivity index (χ4v) is 1.72. The summed E-state index contributed by atoms with van der Waals surface area (Å²) in [5, 5.41) is 28.9. The van der Waals surface area contributed by atoms with Gasteiger partial charge in [-0.1, -0.05) is 0 Å². The number of carbonyl (C=O) groups excluding carboxylic acids is 1. The highest BCUT2D eigenvalue weighted by molar-refractivity contribution is 5.70. The normalized spacial score (nSPS) is 13.2. The summed E-state index contributed by atoms with van der Waals surface area (Å²) in [6.07, 6.45) is -3.07. The van der Waals surface area contributed by atoms with Gasteiger partial charge >= 0.3 is 5.97 Å². The van der Waals surface area contributed by atoms with E-state index in [1.165, 1.54) is 19.2 Å². The standard InChI is InChI=1S/C14H17NO5/c1-3-20-13(17)7-12(16)14(18)11-6-10(19-2)5-4-9(11)8-15/h4-6,12,14,16,18H,3,7H2,1-2H3. The third kappa shape index (κ3) is 3.95. The van der Waals surface area contributed by atoms with E-state index in [9.17, 15) is 15.0 Å². The number of benzene rings is 1. The minimum atomic E-state index is -1.37. The lowest BCUT2D eigenvalue weighted by atomic mass is 9.97. The summed E-state index contributed by atoms with van der Waals surface area (Å²) in [7, 11) is 1.45. The van der Waals surface area contributed by atoms with E-state index in [4.69, 9.17) is 14.7 Å². The van der Waals surface area contributed by atoms with Crippen LogP contribution in [0.25, 0.3) is 0 Å². The van der Waals surface area contributed by atoms with Gasteiger partial charge in [0, 0.05) is 5.56 Å². The number of aliphatic hydroxyl groups is 2. The molecule has 1 aromatic rings. The number of hydrogen-bond acceptors (Lipinski definition) is 6. The summed E-state index contributed by atoms with van der Waals surface area (Å²) < 4.78 is 9.71. The van der Waals surface area contributed by atoms with Gasteiger partial charge in [-0.3, -0.25) is 4.79 Å². The monoisotopic (exact) mass is 279 g/mol. The van der Waals surface area contributed by atoms with E-state index in [0.29, 0.717) is 5.75 Å². The Morgan fingerprint density at radius 3 is 2.70 bits per heavy atom. The Labute approximate surface area is 117 Å². The lowest BCUT2D eigenvalue weighted by Crippen LogP contribution is -2.23. The first-order valence-electron chi connectivity index (χ1n) is 6.13. The second kappa shape index (κ2) is 7.48. The van der Waals surface area contributed by atoms with E-state index < -0.39 is 18.2 Å². The summed E-state index contributed by atoms with van der Waals surface area (Å²) in [5.41, 5.74) is 0.421. The zero-order valence-corrected chi connectivity index (χ0v) is 11.4. The van der Waals surface area contributed by atoms with E-state index in [0.717, 1.165) is 0 Å². The summed E-state index contributed by atoms with van der Waals surface area (Å²) in [5.74, 6) is -0.165. The van der Waals surface area contributed by atoms with Crippen LogP contribution in [-0.2, 0) is 9.53 Å². The third-order valence-electron chi connectivity index (χ3n) is 2.74. The molecule has 0 fully saturated rings. The van der Waals surface area contributed by atoms with Gasteiger partial charge < -0.3 is 19.7 Å². The van der Waals surface area contributed by atoms with E-state index in [1.54, 1.807) is 13.0 Å². The van der Waals surface area contributed by atoms with Crippen molar-refractivity contribution in [3.63, 3.8) is 0 Å². The number of nitriles is 1. The number of hydrogen-bond donors (Lipinski definition) is 2. The molecule has 6 nitrogen and oxygen atoms in total. The van der Waals surface area contributed by atoms with Crippen LogP contribution >= 0.6 is 0 Å². The number of nitrogens with zero attached hydrogens (tertiary/aromatic N) is 1. The Hall–Kier alpha value is -2.10. The van der Waals surface area contributed by atoms with Gasteiger partial charge in [0.1, 0.15) is 11.9 Å². The van der Waals surface area contributed by atoms with Gasteiger partial charge in [-0.2, -0.15) is 5.26 Å². The average molecular weight is 279 g/mol. The number of ether oxygens (including phenoxy) is 2. The van der Waals surface area contributed by atoms with Crippen LogP contribution in [0.15, 0.2) is 18.2 Å². The summed E-state index contributed by atoms with van der Waals surface area (Å²) in [6, 6.07) is 6.43. The second-order valence-corrected chi connectivity index (χ2v) is 4.09. The van der Waals surface area contributed by atoms with Crippen LogP contribution in [0.2, 0.25) is 0 Å². The number of aliphatic hydroxyl groups excluding tert-OH is 2. The van der Waals surface area contributed by atoms with Gasteiger partial charge in [0.15, 0.2) is 0 Å². The predicted molar refractivity (Wildman–Crippen MR) is 69.9 cm³/mol. The molecule has 1 aromatic carbocycles. The minimum Gasteiger partial charge on any atom is -0.497 e. The molecule has 0 saturated heterocycles. The molecule has 0 aliphatic heterocycles. The second-order valence-electron chi connectivity index (χ2n) is 4.09. The van der Waals surface area contributed by atoms with Crippen molar-refractivity contribution in [1.82, 2.24) is 0 Å². The maximum atomic E-state index is 11.3. The van der Waals surface area contributed by atoms with Crippen LogP contribution in [0, 0.1) is 11.3 Å². The molecule has 2 N–H and O–H groups in total. The first-order valence-corrected chi connectivity index (χ1v) is 6.13. The first kappa shape index (κ1) is 16.0. The van der Waals surface area contributed by atoms with Gasteiger partial charge in [-0.25, -0.2) is 0 Å². The maximum absolute atomic E-state index is 11.3. The van der Waals surface area contributed by atoms with Crippen molar-refractivity contribution in [3.05, 3.63) is 29.3 Å². The molecular formula is C14H17NO5. The van der Waals surface area contributed by atoms with E-state index in [1.807, 2.05) is 6.07 Å². The Morgan fingerprint density at radius 2 is 2.15 bits per heavy atom. The van der Waals surface area contributed by atoms with Crippen LogP contribution in [0.4, 0.5) is 0 Å². The Balaban J connectivity index is 2.92. The molecule has 0 spiro atoms. The maximum Gasteiger partial charge on any atom is 0.308 e. The molecule has 0 saturated carbocycles. The van der Waals surface area contributed by atoms with Crippen molar-refractivity contribution in [1.29, 1.82) is 5.26 Å². The highest BCUT2D eigenvalue weighted by Crippen LogP contribution is 2.26. The highest BCUT2D eigenvalue weighted by atomic mass is 16.5. The van der Waals surface area contributed by atoms with Crippen molar-refractivity contribution in [2.75, 3.05) is 13.7 Å². The van der Waals surface area contributed by atoms with Gasteiger partial charge in [-0.05, 0) is 25.1 Å². The molecule has 108 valence electrons. The van der Waals surface area contributed by atoms with Crippen LogP contribution in [0.3, 0.4) is 0 Å². The number of methoxy groups -OCH3 is 1. The number of esters is 1. The van der Waals surface area contributed by atoms with E-state index in [2.05, 4.69) is 0 Å². The van der Waals surface area contributed by atoms with Crippen molar-refractivity contribution in [2.45, 2.75) is 25.6 Å². The number of carbonyl (C=O) groups is 1. The molecule has 0 aliphatic rings. The molecule has 0 aromatic heterocycles. The lowest BCUT2D eigenvalue weighted by molar-refractivity contribution is -0.147. The molecule has 0 radical (unpaired) electrons. The quantitative estimate of drug-likeness (QED) is 0.751. The Morgan fingerprint density at radius 1 is 1.45 bits per heavy atom. The SMILES string of the molecule is CCOC(=O)CC(O)C(O)c1cc(OC)ccc1C#N. The molecule has 0 bridgehead atoms. The molecule has 0 heterocycles. The van der Waals surface area contributed by atoms with Crippen molar-refractivity contribution in [2.24, 2.45) is 0 Å². The zero-order valence-electron chi connectivity index (χ0n) is 11.4. The number of rotatable bonds is 6. The van der Waals surface area contributed by atoms with Gasteiger partial charge in [0.2, 0.25) is 0 Å². The predicted octanol–water partition coefficient (Wildman–Crippen LogP) is 0.914. The highest BCUT2D eigenvalue weighted by Gasteiger charge is 2.24.